The first-order valence-corrected chi connectivity index (χ1v) is 11.2. The maximum atomic E-state index is 13.0. The number of amides is 1. The van der Waals surface area contributed by atoms with Crippen LogP contribution in [0.5, 0.6) is 6.01 Å². The highest BCUT2D eigenvalue weighted by Gasteiger charge is 2.16. The van der Waals surface area contributed by atoms with Gasteiger partial charge in [-0.2, -0.15) is 4.98 Å². The molecule has 0 saturated heterocycles. The summed E-state index contributed by atoms with van der Waals surface area (Å²) in [7, 11) is 0. The lowest BCUT2D eigenvalue weighted by atomic mass is 10.0. The van der Waals surface area contributed by atoms with Crippen molar-refractivity contribution in [3.63, 3.8) is 0 Å². The zero-order valence-corrected chi connectivity index (χ0v) is 19.0. The van der Waals surface area contributed by atoms with Crippen molar-refractivity contribution in [2.24, 2.45) is 0 Å². The van der Waals surface area contributed by atoms with Gasteiger partial charge in [-0.15, -0.1) is 5.10 Å². The number of aryl methyl sites for hydroxylation is 1. The summed E-state index contributed by atoms with van der Waals surface area (Å²) in [6.07, 6.45) is 0. The van der Waals surface area contributed by atoms with Crippen LogP contribution in [0.4, 0.5) is 5.69 Å². The summed E-state index contributed by atoms with van der Waals surface area (Å²) in [5, 5.41) is 9.51. The summed E-state index contributed by atoms with van der Waals surface area (Å²) in [5.74, 6) is 0.554. The lowest BCUT2D eigenvalue weighted by Gasteiger charge is -2.10. The van der Waals surface area contributed by atoms with Crippen LogP contribution in [0.25, 0.3) is 27.8 Å². The minimum atomic E-state index is -0.149. The molecule has 0 radical (unpaired) electrons. The van der Waals surface area contributed by atoms with E-state index in [0.29, 0.717) is 29.7 Å². The maximum Gasteiger partial charge on any atom is 0.336 e. The molecule has 0 fully saturated rings. The molecule has 4 aromatic carbocycles. The van der Waals surface area contributed by atoms with Gasteiger partial charge in [0.25, 0.3) is 5.91 Å². The topological polar surface area (TPSA) is 69.0 Å². The number of carbonyl (C=O) groups is 1. The molecule has 5 aromatic rings. The van der Waals surface area contributed by atoms with Crippen molar-refractivity contribution >= 4 is 22.4 Å². The van der Waals surface area contributed by atoms with E-state index in [-0.39, 0.29) is 5.91 Å². The number of aromatic nitrogens is 3. The van der Waals surface area contributed by atoms with Gasteiger partial charge in [0.15, 0.2) is 5.82 Å². The van der Waals surface area contributed by atoms with Crippen molar-refractivity contribution in [1.29, 1.82) is 0 Å². The van der Waals surface area contributed by atoms with Gasteiger partial charge in [0.2, 0.25) is 0 Å². The summed E-state index contributed by atoms with van der Waals surface area (Å²) >= 11 is 0. The second kappa shape index (κ2) is 9.19. The molecule has 1 amide bonds. The van der Waals surface area contributed by atoms with E-state index in [4.69, 9.17) is 4.74 Å². The Bertz CT molecular complexity index is 1470. The summed E-state index contributed by atoms with van der Waals surface area (Å²) < 4.78 is 7.34. The first kappa shape index (κ1) is 21.4. The Morgan fingerprint density at radius 2 is 1.65 bits per heavy atom. The van der Waals surface area contributed by atoms with E-state index in [1.54, 1.807) is 4.68 Å². The molecule has 0 aliphatic carbocycles. The molecule has 0 atom stereocenters. The van der Waals surface area contributed by atoms with Crippen molar-refractivity contribution < 1.29 is 9.53 Å². The predicted octanol–water partition coefficient (Wildman–Crippen LogP) is 6.05. The number of ether oxygens (including phenoxy) is 1. The van der Waals surface area contributed by atoms with E-state index >= 15 is 0 Å². The van der Waals surface area contributed by atoms with Gasteiger partial charge in [0.1, 0.15) is 0 Å². The van der Waals surface area contributed by atoms with Crippen molar-refractivity contribution in [3.05, 3.63) is 102 Å². The monoisotopic (exact) mass is 448 g/mol. The van der Waals surface area contributed by atoms with Gasteiger partial charge in [0, 0.05) is 16.8 Å². The molecule has 1 N–H and O–H groups in total. The van der Waals surface area contributed by atoms with Gasteiger partial charge in [-0.3, -0.25) is 4.79 Å². The highest BCUT2D eigenvalue weighted by molar-refractivity contribution is 6.12. The number of hydrogen-bond acceptors (Lipinski definition) is 4. The van der Waals surface area contributed by atoms with Crippen LogP contribution in [0.1, 0.15) is 22.8 Å². The molecule has 6 nitrogen and oxygen atoms in total. The quantitative estimate of drug-likeness (QED) is 0.343. The number of rotatable bonds is 6. The molecule has 0 unspecified atom stereocenters. The van der Waals surface area contributed by atoms with Crippen LogP contribution >= 0.6 is 0 Å². The molecular weight excluding hydrogens is 424 g/mol. The van der Waals surface area contributed by atoms with Gasteiger partial charge in [-0.1, -0.05) is 60.7 Å². The highest BCUT2D eigenvalue weighted by Crippen LogP contribution is 2.27. The largest absolute Gasteiger partial charge is 0.463 e. The summed E-state index contributed by atoms with van der Waals surface area (Å²) in [5.41, 5.74) is 4.23. The Labute approximate surface area is 197 Å². The number of fused-ring (bicyclic) bond motifs is 1. The van der Waals surface area contributed by atoms with Crippen LogP contribution in [0.3, 0.4) is 0 Å². The SMILES string of the molecule is CCOc1nc(-c2ccccc2C)n(-c2ccc(NC(=O)c3cccc4ccccc34)cc2)n1. The zero-order chi connectivity index (χ0) is 23.5. The molecule has 168 valence electrons. The minimum Gasteiger partial charge on any atom is -0.463 e. The van der Waals surface area contributed by atoms with Crippen LogP contribution < -0.4 is 10.1 Å². The van der Waals surface area contributed by atoms with Crippen LogP contribution in [-0.4, -0.2) is 27.3 Å². The van der Waals surface area contributed by atoms with E-state index in [9.17, 15) is 4.79 Å². The molecule has 0 aliphatic heterocycles. The van der Waals surface area contributed by atoms with Gasteiger partial charge in [-0.25, -0.2) is 4.68 Å². The van der Waals surface area contributed by atoms with Crippen LogP contribution in [0.2, 0.25) is 0 Å². The smallest absolute Gasteiger partial charge is 0.336 e. The summed E-state index contributed by atoms with van der Waals surface area (Å²) in [6, 6.07) is 29.5. The van der Waals surface area contributed by atoms with Gasteiger partial charge in [0.05, 0.1) is 12.3 Å². The molecule has 6 heteroatoms. The Hall–Kier alpha value is -4.45. The molecule has 34 heavy (non-hydrogen) atoms. The predicted molar refractivity (Wildman–Crippen MR) is 135 cm³/mol. The third-order valence-electron chi connectivity index (χ3n) is 5.65. The van der Waals surface area contributed by atoms with Crippen molar-refractivity contribution in [2.75, 3.05) is 11.9 Å². The molecule has 0 spiro atoms. The Kier molecular flexibility index (Phi) is 5.79. The molecule has 5 rings (SSSR count). The van der Waals surface area contributed by atoms with Crippen molar-refractivity contribution in [2.45, 2.75) is 13.8 Å². The first-order chi connectivity index (χ1) is 16.6. The lowest BCUT2D eigenvalue weighted by Crippen LogP contribution is -2.12. The second-order valence-electron chi connectivity index (χ2n) is 7.91. The summed E-state index contributed by atoms with van der Waals surface area (Å²) in [6.45, 7) is 4.43. The fraction of sp³-hybridized carbons (Fsp3) is 0.107. The minimum absolute atomic E-state index is 0.149. The number of nitrogens with one attached hydrogen (secondary N) is 1. The maximum absolute atomic E-state index is 13.0. The van der Waals surface area contributed by atoms with Gasteiger partial charge in [-0.05, 0) is 60.5 Å². The van der Waals surface area contributed by atoms with Crippen LogP contribution in [0.15, 0.2) is 91.0 Å². The fourth-order valence-electron chi connectivity index (χ4n) is 3.97. The number of carbonyl (C=O) groups excluding carboxylic acids is 1. The third kappa shape index (κ3) is 4.13. The number of hydrogen-bond donors (Lipinski definition) is 1. The molecule has 1 heterocycles. The second-order valence-corrected chi connectivity index (χ2v) is 7.91. The van der Waals surface area contributed by atoms with E-state index < -0.39 is 0 Å². The average molecular weight is 449 g/mol. The highest BCUT2D eigenvalue weighted by atomic mass is 16.5. The van der Waals surface area contributed by atoms with Crippen LogP contribution in [0, 0.1) is 6.92 Å². The normalized spacial score (nSPS) is 10.9. The standard InChI is InChI=1S/C28H24N4O2/c1-3-34-28-30-26(23-12-6-4-9-19(23)2)32(31-28)22-17-15-21(16-18-22)29-27(33)25-14-8-11-20-10-5-7-13-24(20)25/h4-18H,3H2,1-2H3,(H,29,33). The third-order valence-corrected chi connectivity index (χ3v) is 5.65. The summed E-state index contributed by atoms with van der Waals surface area (Å²) in [4.78, 5) is 17.6. The molecule has 1 aromatic heterocycles. The zero-order valence-electron chi connectivity index (χ0n) is 19.0. The Morgan fingerprint density at radius 3 is 2.44 bits per heavy atom. The van der Waals surface area contributed by atoms with Crippen molar-refractivity contribution in [1.82, 2.24) is 14.8 Å². The van der Waals surface area contributed by atoms with E-state index in [0.717, 1.165) is 27.6 Å². The number of benzene rings is 4. The van der Waals surface area contributed by atoms with E-state index in [1.807, 2.05) is 105 Å². The number of anilines is 1. The Balaban J connectivity index is 1.44. The van der Waals surface area contributed by atoms with Crippen LogP contribution in [-0.2, 0) is 0 Å². The molecular formula is C28H24N4O2. The Morgan fingerprint density at radius 1 is 0.912 bits per heavy atom. The fourth-order valence-corrected chi connectivity index (χ4v) is 3.97. The molecule has 0 aliphatic rings. The number of nitrogens with zero attached hydrogens (tertiary/aromatic N) is 3. The molecule has 0 saturated carbocycles. The lowest BCUT2D eigenvalue weighted by molar-refractivity contribution is 0.102. The van der Waals surface area contributed by atoms with E-state index in [2.05, 4.69) is 15.4 Å². The van der Waals surface area contributed by atoms with Gasteiger partial charge >= 0.3 is 6.01 Å². The van der Waals surface area contributed by atoms with Crippen molar-refractivity contribution in [3.8, 4) is 23.1 Å². The van der Waals surface area contributed by atoms with Gasteiger partial charge < -0.3 is 10.1 Å². The van der Waals surface area contributed by atoms with E-state index in [1.165, 1.54) is 0 Å². The first-order valence-electron chi connectivity index (χ1n) is 11.2. The molecule has 0 bridgehead atoms. The average Bonchev–Trinajstić information content (AvgIpc) is 3.28.